The summed E-state index contributed by atoms with van der Waals surface area (Å²) in [6.07, 6.45) is 4.74. The highest BCUT2D eigenvalue weighted by molar-refractivity contribution is 14.0. The smallest absolute Gasteiger partial charge is 0.191 e. The molecule has 1 heterocycles. The van der Waals surface area contributed by atoms with E-state index >= 15 is 0 Å². The van der Waals surface area contributed by atoms with Gasteiger partial charge in [0.2, 0.25) is 0 Å². The van der Waals surface area contributed by atoms with Crippen molar-refractivity contribution in [3.8, 4) is 0 Å². The number of hydrogen-bond acceptors (Lipinski definition) is 4. The molecule has 5 nitrogen and oxygen atoms in total. The summed E-state index contributed by atoms with van der Waals surface area (Å²) in [6, 6.07) is 10.4. The Morgan fingerprint density at radius 2 is 1.96 bits per heavy atom. The second-order valence-electron chi connectivity index (χ2n) is 6.00. The van der Waals surface area contributed by atoms with Gasteiger partial charge >= 0.3 is 0 Å². The zero-order valence-corrected chi connectivity index (χ0v) is 19.4. The predicted molar refractivity (Wildman–Crippen MR) is 126 cm³/mol. The maximum absolute atomic E-state index is 5.70. The lowest BCUT2D eigenvalue weighted by molar-refractivity contribution is 0.136. The number of thiazole rings is 1. The molecule has 27 heavy (non-hydrogen) atoms. The molecule has 2 N–H and O–H groups in total. The van der Waals surface area contributed by atoms with E-state index in [0.717, 1.165) is 63.1 Å². The van der Waals surface area contributed by atoms with Crippen LogP contribution in [0.1, 0.15) is 28.8 Å². The van der Waals surface area contributed by atoms with Gasteiger partial charge in [-0.15, -0.1) is 35.3 Å². The van der Waals surface area contributed by atoms with Gasteiger partial charge in [-0.2, -0.15) is 0 Å². The number of halogens is 1. The maximum Gasteiger partial charge on any atom is 0.191 e. The van der Waals surface area contributed by atoms with Gasteiger partial charge in [0.1, 0.15) is 0 Å². The molecule has 0 radical (unpaired) electrons. The summed E-state index contributed by atoms with van der Waals surface area (Å²) in [5.74, 6) is 0.866. The van der Waals surface area contributed by atoms with E-state index < -0.39 is 0 Å². The van der Waals surface area contributed by atoms with Crippen LogP contribution in [0.3, 0.4) is 0 Å². The first-order chi connectivity index (χ1) is 12.8. The Morgan fingerprint density at radius 1 is 1.15 bits per heavy atom. The topological polar surface area (TPSA) is 58.5 Å². The number of guanidine groups is 1. The van der Waals surface area contributed by atoms with Crippen molar-refractivity contribution >= 4 is 41.3 Å². The summed E-state index contributed by atoms with van der Waals surface area (Å²) in [6.45, 7) is 8.13. The van der Waals surface area contributed by atoms with Crippen molar-refractivity contribution in [2.45, 2.75) is 33.1 Å². The van der Waals surface area contributed by atoms with E-state index in [1.54, 1.807) is 11.3 Å². The number of nitrogens with one attached hydrogen (secondary N) is 2. The normalized spacial score (nSPS) is 11.1. The summed E-state index contributed by atoms with van der Waals surface area (Å²) < 4.78 is 5.70. The summed E-state index contributed by atoms with van der Waals surface area (Å²) in [5, 5.41) is 7.81. The number of rotatable bonds is 11. The fourth-order valence-electron chi connectivity index (χ4n) is 2.44. The number of hydrogen-bond donors (Lipinski definition) is 2. The molecule has 0 spiro atoms. The molecule has 0 aliphatic carbocycles. The van der Waals surface area contributed by atoms with Crippen LogP contribution in [0, 0.1) is 6.92 Å². The van der Waals surface area contributed by atoms with E-state index in [2.05, 4.69) is 58.7 Å². The van der Waals surface area contributed by atoms with E-state index in [4.69, 9.17) is 4.74 Å². The van der Waals surface area contributed by atoms with E-state index in [-0.39, 0.29) is 24.0 Å². The molecule has 1 aromatic carbocycles. The van der Waals surface area contributed by atoms with Crippen LogP contribution < -0.4 is 10.6 Å². The van der Waals surface area contributed by atoms with E-state index in [0.29, 0.717) is 0 Å². The minimum Gasteiger partial charge on any atom is -0.381 e. The van der Waals surface area contributed by atoms with Crippen LogP contribution in [-0.4, -0.2) is 43.8 Å². The van der Waals surface area contributed by atoms with Gasteiger partial charge < -0.3 is 15.4 Å². The molecule has 0 bridgehead atoms. The number of aryl methyl sites for hydroxylation is 1. The fraction of sp³-hybridized carbons (Fsp3) is 0.500. The Morgan fingerprint density at radius 3 is 2.67 bits per heavy atom. The van der Waals surface area contributed by atoms with Crippen LogP contribution in [0.15, 0.2) is 41.5 Å². The highest BCUT2D eigenvalue weighted by Gasteiger charge is 2.01. The summed E-state index contributed by atoms with van der Waals surface area (Å²) in [7, 11) is 0. The molecule has 150 valence electrons. The third-order valence-corrected chi connectivity index (χ3v) is 4.71. The van der Waals surface area contributed by atoms with E-state index in [1.807, 2.05) is 12.3 Å². The SMILES string of the molecule is CCNC(=NCCCOCCc1ccccc1)NCCc1ncc(C)s1.I. The Bertz CT molecular complexity index is 648. The number of nitrogens with zero attached hydrogens (tertiary/aromatic N) is 2. The third kappa shape index (κ3) is 10.7. The zero-order valence-electron chi connectivity index (χ0n) is 16.2. The Kier molecular flexibility index (Phi) is 13.1. The van der Waals surface area contributed by atoms with Gasteiger partial charge in [-0.05, 0) is 32.3 Å². The van der Waals surface area contributed by atoms with Gasteiger partial charge in [-0.25, -0.2) is 4.98 Å². The monoisotopic (exact) mass is 502 g/mol. The first kappa shape index (κ1) is 23.8. The van der Waals surface area contributed by atoms with Crippen LogP contribution in [0.4, 0.5) is 0 Å². The lowest BCUT2D eigenvalue weighted by Gasteiger charge is -2.10. The predicted octanol–water partition coefficient (Wildman–Crippen LogP) is 3.82. The molecule has 0 saturated heterocycles. The molecule has 7 heteroatoms. The molecule has 0 saturated carbocycles. The standard InChI is InChI=1S/C20H30N4OS.HI/c1-3-21-20(23-13-10-19-24-16-17(2)26-19)22-12-7-14-25-15-11-18-8-5-4-6-9-18;/h4-6,8-9,16H,3,7,10-15H2,1-2H3,(H2,21,22,23);1H. The molecule has 2 aromatic rings. The van der Waals surface area contributed by atoms with Crippen molar-refractivity contribution in [2.24, 2.45) is 4.99 Å². The molecule has 0 atom stereocenters. The third-order valence-electron chi connectivity index (χ3n) is 3.74. The van der Waals surface area contributed by atoms with Crippen LogP contribution in [0.25, 0.3) is 0 Å². The average Bonchev–Trinajstić information content (AvgIpc) is 3.07. The number of benzene rings is 1. The van der Waals surface area contributed by atoms with Crippen LogP contribution in [0.5, 0.6) is 0 Å². The molecule has 0 amide bonds. The van der Waals surface area contributed by atoms with Gasteiger partial charge in [-0.1, -0.05) is 30.3 Å². The molecule has 0 unspecified atom stereocenters. The van der Waals surface area contributed by atoms with E-state index in [9.17, 15) is 0 Å². The largest absolute Gasteiger partial charge is 0.381 e. The van der Waals surface area contributed by atoms with Crippen molar-refractivity contribution in [1.29, 1.82) is 0 Å². The first-order valence-corrected chi connectivity index (χ1v) is 10.1. The van der Waals surface area contributed by atoms with Crippen LogP contribution in [-0.2, 0) is 17.6 Å². The number of ether oxygens (including phenoxy) is 1. The number of aliphatic imine (C=N–C) groups is 1. The van der Waals surface area contributed by atoms with Crippen molar-refractivity contribution in [3.05, 3.63) is 52.0 Å². The summed E-state index contributed by atoms with van der Waals surface area (Å²) in [5.41, 5.74) is 1.32. The van der Waals surface area contributed by atoms with Crippen molar-refractivity contribution in [3.63, 3.8) is 0 Å². The second kappa shape index (κ2) is 14.8. The van der Waals surface area contributed by atoms with Crippen molar-refractivity contribution < 1.29 is 4.74 Å². The van der Waals surface area contributed by atoms with E-state index in [1.165, 1.54) is 10.4 Å². The lowest BCUT2D eigenvalue weighted by atomic mass is 10.2. The van der Waals surface area contributed by atoms with Gasteiger partial charge in [0.05, 0.1) is 11.6 Å². The van der Waals surface area contributed by atoms with Crippen molar-refractivity contribution in [2.75, 3.05) is 32.8 Å². The van der Waals surface area contributed by atoms with Gasteiger partial charge in [-0.3, -0.25) is 4.99 Å². The van der Waals surface area contributed by atoms with Crippen LogP contribution in [0.2, 0.25) is 0 Å². The maximum atomic E-state index is 5.70. The highest BCUT2D eigenvalue weighted by Crippen LogP contribution is 2.10. The van der Waals surface area contributed by atoms with Gasteiger partial charge in [0, 0.05) is 43.7 Å². The van der Waals surface area contributed by atoms with Gasteiger partial charge in [0.25, 0.3) is 0 Å². The van der Waals surface area contributed by atoms with Gasteiger partial charge in [0.15, 0.2) is 5.96 Å². The molecule has 1 aromatic heterocycles. The summed E-state index contributed by atoms with van der Waals surface area (Å²) >= 11 is 1.75. The fourth-order valence-corrected chi connectivity index (χ4v) is 3.23. The van der Waals surface area contributed by atoms with Crippen LogP contribution >= 0.6 is 35.3 Å². The summed E-state index contributed by atoms with van der Waals surface area (Å²) in [4.78, 5) is 10.2. The first-order valence-electron chi connectivity index (χ1n) is 9.33. The minimum absolute atomic E-state index is 0. The Balaban J connectivity index is 0.00000364. The minimum atomic E-state index is 0. The molecular formula is C20H31IN4OS. The number of aromatic nitrogens is 1. The quantitative estimate of drug-likeness (QED) is 0.212. The second-order valence-corrected chi connectivity index (χ2v) is 7.32. The molecule has 2 rings (SSSR count). The average molecular weight is 502 g/mol. The molecule has 0 aliphatic heterocycles. The Labute approximate surface area is 184 Å². The molecule has 0 fully saturated rings. The molecular weight excluding hydrogens is 471 g/mol. The zero-order chi connectivity index (χ0) is 18.5. The lowest BCUT2D eigenvalue weighted by Crippen LogP contribution is -2.38. The highest BCUT2D eigenvalue weighted by atomic mass is 127. The Hall–Kier alpha value is -1.19. The molecule has 0 aliphatic rings. The van der Waals surface area contributed by atoms with Crippen molar-refractivity contribution in [1.82, 2.24) is 15.6 Å².